The number of rotatable bonds is 5. The summed E-state index contributed by atoms with van der Waals surface area (Å²) in [6, 6.07) is 5.75. The average Bonchev–Trinajstić information content (AvgIpc) is 2.41. The summed E-state index contributed by atoms with van der Waals surface area (Å²) in [7, 11) is -2.96. The van der Waals surface area contributed by atoms with Gasteiger partial charge in [0.15, 0.2) is 0 Å². The molecule has 0 fully saturated rings. The second kappa shape index (κ2) is 6.37. The van der Waals surface area contributed by atoms with E-state index in [0.717, 1.165) is 25.1 Å². The third kappa shape index (κ3) is 4.05. The summed E-state index contributed by atoms with van der Waals surface area (Å²) in [4.78, 5) is 12.2. The summed E-state index contributed by atoms with van der Waals surface area (Å²) < 4.78 is 22.0. The molecule has 0 saturated heterocycles. The van der Waals surface area contributed by atoms with Crippen LogP contribution < -0.4 is 10.6 Å². The van der Waals surface area contributed by atoms with E-state index in [-0.39, 0.29) is 11.7 Å². The van der Waals surface area contributed by atoms with Gasteiger partial charge in [-0.15, -0.1) is 0 Å². The lowest BCUT2D eigenvalue weighted by molar-refractivity contribution is 0.0952. The Morgan fingerprint density at radius 2 is 2.20 bits per heavy atom. The Kier molecular flexibility index (Phi) is 4.77. The van der Waals surface area contributed by atoms with Crippen LogP contribution in [0.4, 0.5) is 0 Å². The highest BCUT2D eigenvalue weighted by Gasteiger charge is 2.16. The van der Waals surface area contributed by atoms with Crippen LogP contribution in [-0.2, 0) is 22.8 Å². The zero-order valence-electron chi connectivity index (χ0n) is 11.6. The molecule has 5 nitrogen and oxygen atoms in total. The van der Waals surface area contributed by atoms with Crippen molar-refractivity contribution in [3.05, 3.63) is 34.9 Å². The molecule has 0 bridgehead atoms. The van der Waals surface area contributed by atoms with E-state index in [9.17, 15) is 13.2 Å². The maximum Gasteiger partial charge on any atom is 0.251 e. The fourth-order valence-corrected chi connectivity index (χ4v) is 3.04. The molecule has 0 saturated carbocycles. The molecule has 1 aliphatic rings. The van der Waals surface area contributed by atoms with E-state index >= 15 is 0 Å². The molecule has 6 heteroatoms. The topological polar surface area (TPSA) is 75.3 Å². The summed E-state index contributed by atoms with van der Waals surface area (Å²) >= 11 is 0. The molecular formula is C14H20N2O3S. The SMILES string of the molecule is CS(=O)(=O)CCCNC(=O)c1cccc2c1CCNC2. The number of fused-ring (bicyclic) bond motifs is 1. The van der Waals surface area contributed by atoms with Gasteiger partial charge in [0.2, 0.25) is 0 Å². The van der Waals surface area contributed by atoms with Gasteiger partial charge in [-0.25, -0.2) is 8.42 Å². The van der Waals surface area contributed by atoms with E-state index in [4.69, 9.17) is 0 Å². The number of carbonyl (C=O) groups excluding carboxylic acids is 1. The minimum atomic E-state index is -2.96. The predicted octanol–water partition coefficient (Wildman–Crippen LogP) is 0.497. The molecule has 2 rings (SSSR count). The first-order valence-electron chi connectivity index (χ1n) is 6.75. The highest BCUT2D eigenvalue weighted by atomic mass is 32.2. The van der Waals surface area contributed by atoms with E-state index < -0.39 is 9.84 Å². The first-order valence-corrected chi connectivity index (χ1v) is 8.81. The van der Waals surface area contributed by atoms with Gasteiger partial charge in [-0.1, -0.05) is 12.1 Å². The average molecular weight is 296 g/mol. The van der Waals surface area contributed by atoms with Gasteiger partial charge in [0, 0.05) is 24.9 Å². The van der Waals surface area contributed by atoms with E-state index in [1.807, 2.05) is 18.2 Å². The smallest absolute Gasteiger partial charge is 0.251 e. The Balaban J connectivity index is 1.96. The van der Waals surface area contributed by atoms with Gasteiger partial charge in [0.05, 0.1) is 5.75 Å². The fraction of sp³-hybridized carbons (Fsp3) is 0.500. The van der Waals surface area contributed by atoms with E-state index in [0.29, 0.717) is 18.5 Å². The Morgan fingerprint density at radius 1 is 1.40 bits per heavy atom. The highest BCUT2D eigenvalue weighted by Crippen LogP contribution is 2.18. The van der Waals surface area contributed by atoms with E-state index in [1.165, 1.54) is 11.8 Å². The number of carbonyl (C=O) groups is 1. The summed E-state index contributed by atoms with van der Waals surface area (Å²) in [5.74, 6) is -0.0124. The van der Waals surface area contributed by atoms with Crippen molar-refractivity contribution >= 4 is 15.7 Å². The van der Waals surface area contributed by atoms with Gasteiger partial charge >= 0.3 is 0 Å². The molecule has 20 heavy (non-hydrogen) atoms. The Morgan fingerprint density at radius 3 is 2.95 bits per heavy atom. The number of amides is 1. The Labute approximate surface area is 119 Å². The molecule has 0 atom stereocenters. The van der Waals surface area contributed by atoms with Crippen LogP contribution in [0.25, 0.3) is 0 Å². The van der Waals surface area contributed by atoms with Gasteiger partial charge in [-0.3, -0.25) is 4.79 Å². The molecule has 1 aromatic rings. The minimum absolute atomic E-state index is 0.101. The normalized spacial score (nSPS) is 14.7. The first kappa shape index (κ1) is 15.0. The van der Waals surface area contributed by atoms with Gasteiger partial charge in [0.1, 0.15) is 9.84 Å². The lowest BCUT2D eigenvalue weighted by Gasteiger charge is -2.19. The molecule has 0 radical (unpaired) electrons. The van der Waals surface area contributed by atoms with Crippen LogP contribution in [0.2, 0.25) is 0 Å². The second-order valence-electron chi connectivity index (χ2n) is 5.11. The van der Waals surface area contributed by atoms with Crippen molar-refractivity contribution in [1.29, 1.82) is 0 Å². The number of hydrogen-bond acceptors (Lipinski definition) is 4. The van der Waals surface area contributed by atoms with Crippen LogP contribution in [0.3, 0.4) is 0 Å². The van der Waals surface area contributed by atoms with Crippen LogP contribution in [0.15, 0.2) is 18.2 Å². The van der Waals surface area contributed by atoms with Crippen molar-refractivity contribution in [2.75, 3.05) is 25.1 Å². The molecule has 0 spiro atoms. The Hall–Kier alpha value is -1.40. The van der Waals surface area contributed by atoms with Crippen LogP contribution in [0, 0.1) is 0 Å². The van der Waals surface area contributed by atoms with Crippen molar-refractivity contribution in [2.45, 2.75) is 19.4 Å². The monoisotopic (exact) mass is 296 g/mol. The second-order valence-corrected chi connectivity index (χ2v) is 7.37. The molecule has 1 heterocycles. The summed E-state index contributed by atoms with van der Waals surface area (Å²) in [6.07, 6.45) is 2.50. The maximum atomic E-state index is 12.2. The number of sulfone groups is 1. The van der Waals surface area contributed by atoms with Crippen LogP contribution in [0.1, 0.15) is 27.9 Å². The summed E-state index contributed by atoms with van der Waals surface area (Å²) in [5.41, 5.74) is 2.98. The molecule has 0 aromatic heterocycles. The third-order valence-electron chi connectivity index (χ3n) is 3.36. The lowest BCUT2D eigenvalue weighted by Crippen LogP contribution is -2.30. The van der Waals surface area contributed by atoms with Gasteiger partial charge in [0.25, 0.3) is 5.91 Å². The zero-order valence-corrected chi connectivity index (χ0v) is 12.4. The van der Waals surface area contributed by atoms with Crippen molar-refractivity contribution in [2.24, 2.45) is 0 Å². The van der Waals surface area contributed by atoms with Crippen molar-refractivity contribution in [3.8, 4) is 0 Å². The summed E-state index contributed by atoms with van der Waals surface area (Å²) in [5, 5.41) is 6.08. The molecule has 110 valence electrons. The number of benzene rings is 1. The zero-order chi connectivity index (χ0) is 14.6. The van der Waals surface area contributed by atoms with Crippen LogP contribution >= 0.6 is 0 Å². The third-order valence-corrected chi connectivity index (χ3v) is 4.39. The largest absolute Gasteiger partial charge is 0.352 e. The highest BCUT2D eigenvalue weighted by molar-refractivity contribution is 7.90. The molecule has 1 aliphatic heterocycles. The van der Waals surface area contributed by atoms with Gasteiger partial charge in [-0.05, 0) is 36.6 Å². The number of nitrogens with one attached hydrogen (secondary N) is 2. The summed E-state index contributed by atoms with van der Waals surface area (Å²) in [6.45, 7) is 2.06. The standard InChI is InChI=1S/C14H20N2O3S/c1-20(18,19)9-3-7-16-14(17)13-5-2-4-11-10-15-8-6-12(11)13/h2,4-5,15H,3,6-10H2,1H3,(H,16,17). The molecule has 1 aromatic carbocycles. The maximum absolute atomic E-state index is 12.2. The van der Waals surface area contributed by atoms with E-state index in [2.05, 4.69) is 10.6 Å². The van der Waals surface area contributed by atoms with Gasteiger partial charge in [-0.2, -0.15) is 0 Å². The van der Waals surface area contributed by atoms with E-state index in [1.54, 1.807) is 0 Å². The van der Waals surface area contributed by atoms with Gasteiger partial charge < -0.3 is 10.6 Å². The van der Waals surface area contributed by atoms with Crippen molar-refractivity contribution < 1.29 is 13.2 Å². The number of hydrogen-bond donors (Lipinski definition) is 2. The van der Waals surface area contributed by atoms with Crippen molar-refractivity contribution in [1.82, 2.24) is 10.6 Å². The predicted molar refractivity (Wildman–Crippen MR) is 78.5 cm³/mol. The molecular weight excluding hydrogens is 276 g/mol. The minimum Gasteiger partial charge on any atom is -0.352 e. The molecule has 2 N–H and O–H groups in total. The first-order chi connectivity index (χ1) is 9.47. The molecule has 1 amide bonds. The Bertz CT molecular complexity index is 596. The fourth-order valence-electron chi connectivity index (χ4n) is 2.38. The van der Waals surface area contributed by atoms with Crippen molar-refractivity contribution in [3.63, 3.8) is 0 Å². The lowest BCUT2D eigenvalue weighted by atomic mass is 9.95. The van der Waals surface area contributed by atoms with Crippen LogP contribution in [-0.4, -0.2) is 39.4 Å². The van der Waals surface area contributed by atoms with Crippen LogP contribution in [0.5, 0.6) is 0 Å². The quantitative estimate of drug-likeness (QED) is 0.776. The molecule has 0 aliphatic carbocycles. The molecule has 0 unspecified atom stereocenters.